The Morgan fingerprint density at radius 2 is 1.84 bits per heavy atom. The lowest BCUT2D eigenvalue weighted by Crippen LogP contribution is -2.31. The van der Waals surface area contributed by atoms with E-state index in [-0.39, 0.29) is 35.1 Å². The summed E-state index contributed by atoms with van der Waals surface area (Å²) in [6, 6.07) is 12.8. The van der Waals surface area contributed by atoms with Gasteiger partial charge in [-0.2, -0.15) is 0 Å². The van der Waals surface area contributed by atoms with Crippen LogP contribution in [-0.4, -0.2) is 41.2 Å². The lowest BCUT2D eigenvalue weighted by Gasteiger charge is -2.14. The predicted molar refractivity (Wildman–Crippen MR) is 115 cm³/mol. The van der Waals surface area contributed by atoms with Gasteiger partial charge >= 0.3 is 0 Å². The van der Waals surface area contributed by atoms with Crippen LogP contribution < -0.4 is 5.32 Å². The van der Waals surface area contributed by atoms with Gasteiger partial charge in [0.2, 0.25) is 5.91 Å². The Morgan fingerprint density at radius 3 is 2.65 bits per heavy atom. The number of fused-ring (bicyclic) bond motifs is 2. The van der Waals surface area contributed by atoms with Crippen LogP contribution in [0.4, 0.5) is 5.69 Å². The van der Waals surface area contributed by atoms with E-state index in [1.807, 2.05) is 0 Å². The van der Waals surface area contributed by atoms with Gasteiger partial charge in [0.05, 0.1) is 11.3 Å². The van der Waals surface area contributed by atoms with Gasteiger partial charge in [0.1, 0.15) is 16.2 Å². The molecular formula is C22H21N3O5S. The Balaban J connectivity index is 1.28. The molecule has 8 nitrogen and oxygen atoms in total. The number of amides is 2. The number of benzene rings is 2. The highest BCUT2D eigenvalue weighted by molar-refractivity contribution is 7.90. The van der Waals surface area contributed by atoms with E-state index in [4.69, 9.17) is 0 Å². The van der Waals surface area contributed by atoms with Crippen LogP contribution in [0.2, 0.25) is 0 Å². The molecule has 2 amide bonds. The number of hydrogen-bond donors (Lipinski definition) is 2. The zero-order valence-electron chi connectivity index (χ0n) is 16.6. The van der Waals surface area contributed by atoms with E-state index in [2.05, 4.69) is 10.3 Å². The number of hydrogen-bond acceptors (Lipinski definition) is 6. The first-order valence-electron chi connectivity index (χ1n) is 9.92. The minimum absolute atomic E-state index is 0.0437. The second kappa shape index (κ2) is 8.35. The maximum atomic E-state index is 12.5. The van der Waals surface area contributed by atoms with E-state index in [1.54, 1.807) is 36.5 Å². The van der Waals surface area contributed by atoms with Gasteiger partial charge in [-0.1, -0.05) is 18.6 Å². The highest BCUT2D eigenvalue weighted by Crippen LogP contribution is 2.31. The Morgan fingerprint density at radius 1 is 1.03 bits per heavy atom. The van der Waals surface area contributed by atoms with Gasteiger partial charge in [0, 0.05) is 24.5 Å². The summed E-state index contributed by atoms with van der Waals surface area (Å²) in [7, 11) is -3.79. The first-order chi connectivity index (χ1) is 14.9. The van der Waals surface area contributed by atoms with Crippen LogP contribution >= 0.6 is 0 Å². The van der Waals surface area contributed by atoms with Crippen LogP contribution in [0.1, 0.15) is 36.0 Å². The lowest BCUT2D eigenvalue weighted by molar-refractivity contribution is -0.116. The number of phenolic OH excluding ortho intramolecular Hbond substituents is 1. The summed E-state index contributed by atoms with van der Waals surface area (Å²) < 4.78 is 25.9. The molecule has 0 bridgehead atoms. The Kier molecular flexibility index (Phi) is 5.60. The zero-order valence-corrected chi connectivity index (χ0v) is 17.4. The molecule has 0 spiro atoms. The van der Waals surface area contributed by atoms with Gasteiger partial charge in [-0.15, -0.1) is 0 Å². The van der Waals surface area contributed by atoms with Crippen molar-refractivity contribution in [3.8, 4) is 5.75 Å². The number of sulfonamides is 1. The largest absolute Gasteiger partial charge is 0.506 e. The summed E-state index contributed by atoms with van der Waals surface area (Å²) in [5.74, 6) is -0.642. The van der Waals surface area contributed by atoms with Gasteiger partial charge in [-0.25, -0.2) is 12.7 Å². The van der Waals surface area contributed by atoms with Crippen molar-refractivity contribution < 1.29 is 23.1 Å². The fraction of sp³-hybridized carbons (Fsp3) is 0.227. The number of carbonyl (C=O) groups excluding carboxylic acids is 2. The Hall–Kier alpha value is -3.46. The van der Waals surface area contributed by atoms with Crippen LogP contribution in [0, 0.1) is 0 Å². The van der Waals surface area contributed by atoms with E-state index in [9.17, 15) is 23.1 Å². The van der Waals surface area contributed by atoms with Gasteiger partial charge in [-0.05, 0) is 49.2 Å². The number of rotatable bonds is 7. The first kappa shape index (κ1) is 20.8. The van der Waals surface area contributed by atoms with Crippen molar-refractivity contribution in [1.82, 2.24) is 9.29 Å². The molecule has 31 heavy (non-hydrogen) atoms. The fourth-order valence-corrected chi connectivity index (χ4v) is 5.26. The van der Waals surface area contributed by atoms with Gasteiger partial charge in [-0.3, -0.25) is 14.6 Å². The predicted octanol–water partition coefficient (Wildman–Crippen LogP) is 3.28. The van der Waals surface area contributed by atoms with E-state index in [0.29, 0.717) is 35.9 Å². The van der Waals surface area contributed by atoms with E-state index < -0.39 is 15.9 Å². The Labute approximate surface area is 179 Å². The summed E-state index contributed by atoms with van der Waals surface area (Å²) in [6.07, 6.45) is 3.44. The monoisotopic (exact) mass is 439 g/mol. The average Bonchev–Trinajstić information content (AvgIpc) is 2.96. The topological polar surface area (TPSA) is 117 Å². The van der Waals surface area contributed by atoms with Gasteiger partial charge in [0.25, 0.3) is 15.9 Å². The molecule has 160 valence electrons. The maximum Gasteiger partial charge on any atom is 0.269 e. The quantitative estimate of drug-likeness (QED) is 0.431. The molecular weight excluding hydrogens is 418 g/mol. The minimum atomic E-state index is -3.79. The third-order valence-corrected chi connectivity index (χ3v) is 7.04. The molecule has 2 aromatic carbocycles. The molecule has 2 N–H and O–H groups in total. The van der Waals surface area contributed by atoms with Crippen molar-refractivity contribution in [3.05, 3.63) is 60.3 Å². The molecule has 9 heteroatoms. The summed E-state index contributed by atoms with van der Waals surface area (Å²) >= 11 is 0. The zero-order chi connectivity index (χ0) is 22.0. The highest BCUT2D eigenvalue weighted by atomic mass is 32.2. The number of aromatic nitrogens is 1. The van der Waals surface area contributed by atoms with Crippen molar-refractivity contribution in [3.63, 3.8) is 0 Å². The van der Waals surface area contributed by atoms with E-state index in [0.717, 1.165) is 4.31 Å². The average molecular weight is 439 g/mol. The van der Waals surface area contributed by atoms with Crippen LogP contribution in [0.25, 0.3) is 10.9 Å². The summed E-state index contributed by atoms with van der Waals surface area (Å²) in [5.41, 5.74) is 1.19. The smallest absolute Gasteiger partial charge is 0.269 e. The molecule has 0 radical (unpaired) electrons. The molecule has 1 aliphatic heterocycles. The number of unbranched alkanes of at least 4 members (excludes halogenated alkanes) is 2. The standard InChI is InChI=1S/C22H21N3O5S/c26-18-12-11-17(15-8-6-13-23-21(15)18)24-20(27)10-2-1-5-14-25-22(28)16-7-3-4-9-19(16)31(25,29)30/h3-4,6-9,11-13,26H,1-2,5,10,14H2,(H,24,27). The Bertz CT molecular complexity index is 1270. The van der Waals surface area contributed by atoms with Crippen molar-refractivity contribution >= 4 is 38.4 Å². The van der Waals surface area contributed by atoms with Crippen LogP contribution in [0.15, 0.2) is 59.6 Å². The second-order valence-corrected chi connectivity index (χ2v) is 9.10. The lowest BCUT2D eigenvalue weighted by atomic mass is 10.1. The number of pyridine rings is 1. The molecule has 0 unspecified atom stereocenters. The fourth-order valence-electron chi connectivity index (χ4n) is 3.65. The summed E-state index contributed by atoms with van der Waals surface area (Å²) in [4.78, 5) is 28.9. The number of anilines is 1. The molecule has 1 aromatic heterocycles. The van der Waals surface area contributed by atoms with Gasteiger partial charge < -0.3 is 10.4 Å². The maximum absolute atomic E-state index is 12.5. The molecule has 3 aromatic rings. The molecule has 0 saturated heterocycles. The number of nitrogens with one attached hydrogen (secondary N) is 1. The number of phenols is 1. The first-order valence-corrected chi connectivity index (χ1v) is 11.4. The van der Waals surface area contributed by atoms with Gasteiger partial charge in [0.15, 0.2) is 0 Å². The molecule has 0 atom stereocenters. The van der Waals surface area contributed by atoms with Crippen molar-refractivity contribution in [2.45, 2.75) is 30.6 Å². The van der Waals surface area contributed by atoms with Crippen molar-refractivity contribution in [2.75, 3.05) is 11.9 Å². The van der Waals surface area contributed by atoms with E-state index in [1.165, 1.54) is 18.2 Å². The van der Waals surface area contributed by atoms with Crippen LogP contribution in [0.3, 0.4) is 0 Å². The molecule has 0 aliphatic carbocycles. The third kappa shape index (κ3) is 3.96. The summed E-state index contributed by atoms with van der Waals surface area (Å²) in [5, 5.41) is 13.4. The number of carbonyl (C=O) groups is 2. The number of nitrogens with zero attached hydrogens (tertiary/aromatic N) is 2. The molecule has 0 saturated carbocycles. The molecule has 0 fully saturated rings. The minimum Gasteiger partial charge on any atom is -0.506 e. The second-order valence-electron chi connectivity index (χ2n) is 7.27. The molecule has 2 heterocycles. The van der Waals surface area contributed by atoms with Crippen molar-refractivity contribution in [1.29, 1.82) is 0 Å². The highest BCUT2D eigenvalue weighted by Gasteiger charge is 2.40. The molecule has 1 aliphatic rings. The SMILES string of the molecule is O=C(CCCCCN1C(=O)c2ccccc2S1(=O)=O)Nc1ccc(O)c2ncccc12. The number of aromatic hydroxyl groups is 1. The van der Waals surface area contributed by atoms with E-state index >= 15 is 0 Å². The normalized spacial score (nSPS) is 14.6. The van der Waals surface area contributed by atoms with Crippen LogP contribution in [-0.2, 0) is 14.8 Å². The summed E-state index contributed by atoms with van der Waals surface area (Å²) in [6.45, 7) is 0.0890. The molecule has 4 rings (SSSR count). The van der Waals surface area contributed by atoms with Crippen molar-refractivity contribution in [2.24, 2.45) is 0 Å². The third-order valence-electron chi connectivity index (χ3n) is 5.20. The van der Waals surface area contributed by atoms with Crippen LogP contribution in [0.5, 0.6) is 5.75 Å².